The topological polar surface area (TPSA) is 18.5 Å². The van der Waals surface area contributed by atoms with E-state index < -0.39 is 0 Å². The molecule has 1 heterocycles. The van der Waals surface area contributed by atoms with E-state index in [9.17, 15) is 0 Å². The number of hydrogen-bond donors (Lipinski definition) is 1. The minimum absolute atomic E-state index is 0.707. The van der Waals surface area contributed by atoms with Gasteiger partial charge in [0.2, 0.25) is 0 Å². The van der Waals surface area contributed by atoms with Crippen molar-refractivity contribution < 1.29 is 0 Å². The summed E-state index contributed by atoms with van der Waals surface area (Å²) in [5, 5.41) is 4.21. The number of nitrogens with one attached hydrogen (secondary N) is 1. The normalized spacial score (nSPS) is 16.9. The highest BCUT2D eigenvalue weighted by molar-refractivity contribution is 6.33. The molecule has 4 heteroatoms. The summed E-state index contributed by atoms with van der Waals surface area (Å²) in [6.07, 6.45) is 2.42. The first kappa shape index (κ1) is 15.6. The Kier molecular flexibility index (Phi) is 5.70. The molecule has 1 aromatic carbocycles. The van der Waals surface area contributed by atoms with Crippen LogP contribution in [0, 0.1) is 0 Å². The van der Waals surface area contributed by atoms with E-state index in [1.807, 2.05) is 0 Å². The number of hydrogen-bond acceptors (Lipinski definition) is 3. The lowest BCUT2D eigenvalue weighted by Crippen LogP contribution is -2.42. The maximum absolute atomic E-state index is 6.46. The first-order valence-electron chi connectivity index (χ1n) is 7.52. The summed E-state index contributed by atoms with van der Waals surface area (Å²) in [7, 11) is 4.34. The van der Waals surface area contributed by atoms with Gasteiger partial charge in [0.15, 0.2) is 0 Å². The summed E-state index contributed by atoms with van der Waals surface area (Å²) >= 11 is 6.46. The molecule has 0 atom stereocenters. The van der Waals surface area contributed by atoms with Crippen molar-refractivity contribution in [2.45, 2.75) is 32.4 Å². The maximum Gasteiger partial charge on any atom is 0.0642 e. The molecule has 3 nitrogen and oxygen atoms in total. The zero-order valence-electron chi connectivity index (χ0n) is 12.8. The van der Waals surface area contributed by atoms with Gasteiger partial charge in [0.25, 0.3) is 0 Å². The number of benzene rings is 1. The van der Waals surface area contributed by atoms with E-state index in [-0.39, 0.29) is 0 Å². The van der Waals surface area contributed by atoms with E-state index >= 15 is 0 Å². The van der Waals surface area contributed by atoms with Crippen molar-refractivity contribution in [3.8, 4) is 0 Å². The van der Waals surface area contributed by atoms with Gasteiger partial charge in [-0.2, -0.15) is 0 Å². The van der Waals surface area contributed by atoms with E-state index in [0.717, 1.165) is 31.2 Å². The van der Waals surface area contributed by atoms with Gasteiger partial charge in [0, 0.05) is 25.7 Å². The van der Waals surface area contributed by atoms with Crippen molar-refractivity contribution in [2.24, 2.45) is 0 Å². The largest absolute Gasteiger partial charge is 0.370 e. The Morgan fingerprint density at radius 1 is 1.30 bits per heavy atom. The summed E-state index contributed by atoms with van der Waals surface area (Å²) in [6, 6.07) is 7.16. The quantitative estimate of drug-likeness (QED) is 0.901. The van der Waals surface area contributed by atoms with E-state index in [1.54, 1.807) is 0 Å². The summed E-state index contributed by atoms with van der Waals surface area (Å²) in [5.41, 5.74) is 2.44. The second-order valence-corrected chi connectivity index (χ2v) is 6.16. The molecule has 20 heavy (non-hydrogen) atoms. The Balaban J connectivity index is 1.99. The van der Waals surface area contributed by atoms with Crippen LogP contribution in [0.25, 0.3) is 0 Å². The molecular weight excluding hydrogens is 270 g/mol. The average molecular weight is 296 g/mol. The van der Waals surface area contributed by atoms with Crippen molar-refractivity contribution in [2.75, 3.05) is 38.6 Å². The molecule has 1 aromatic rings. The minimum atomic E-state index is 0.707. The van der Waals surface area contributed by atoms with Crippen LogP contribution in [-0.4, -0.2) is 44.7 Å². The van der Waals surface area contributed by atoms with Crippen LogP contribution in [0.2, 0.25) is 5.02 Å². The number of rotatable bonds is 5. The first-order chi connectivity index (χ1) is 9.61. The van der Waals surface area contributed by atoms with Crippen molar-refractivity contribution in [3.05, 3.63) is 28.8 Å². The smallest absolute Gasteiger partial charge is 0.0642 e. The van der Waals surface area contributed by atoms with E-state index in [1.165, 1.54) is 24.1 Å². The fourth-order valence-electron chi connectivity index (χ4n) is 2.81. The third kappa shape index (κ3) is 3.87. The second kappa shape index (κ2) is 7.30. The van der Waals surface area contributed by atoms with E-state index in [4.69, 9.17) is 11.6 Å². The average Bonchev–Trinajstić information content (AvgIpc) is 2.45. The van der Waals surface area contributed by atoms with Crippen LogP contribution in [0.1, 0.15) is 25.3 Å². The summed E-state index contributed by atoms with van der Waals surface area (Å²) in [5.74, 6) is 0. The lowest BCUT2D eigenvalue weighted by Gasteiger charge is -2.36. The Labute approximate surface area is 127 Å². The first-order valence-corrected chi connectivity index (χ1v) is 7.90. The predicted molar refractivity (Wildman–Crippen MR) is 87.8 cm³/mol. The highest BCUT2D eigenvalue weighted by Crippen LogP contribution is 2.29. The van der Waals surface area contributed by atoms with Crippen LogP contribution >= 0.6 is 11.6 Å². The SMILES string of the molecule is CCNCc1ccc(N2CCC(N(C)C)CC2)c(Cl)c1. The highest BCUT2D eigenvalue weighted by atomic mass is 35.5. The van der Waals surface area contributed by atoms with Gasteiger partial charge >= 0.3 is 0 Å². The molecule has 0 aromatic heterocycles. The molecule has 0 saturated carbocycles. The van der Waals surface area contributed by atoms with Gasteiger partial charge in [-0.05, 0) is 51.2 Å². The molecule has 0 unspecified atom stereocenters. The third-order valence-electron chi connectivity index (χ3n) is 4.13. The molecule has 1 fully saturated rings. The monoisotopic (exact) mass is 295 g/mol. The number of anilines is 1. The highest BCUT2D eigenvalue weighted by Gasteiger charge is 2.21. The molecule has 1 N–H and O–H groups in total. The lowest BCUT2D eigenvalue weighted by molar-refractivity contribution is 0.249. The predicted octanol–water partition coefficient (Wildman–Crippen LogP) is 2.98. The molecule has 1 saturated heterocycles. The van der Waals surface area contributed by atoms with Crippen LogP contribution in [0.4, 0.5) is 5.69 Å². The number of halogens is 1. The van der Waals surface area contributed by atoms with Crippen molar-refractivity contribution in [3.63, 3.8) is 0 Å². The van der Waals surface area contributed by atoms with Gasteiger partial charge in [-0.1, -0.05) is 24.6 Å². The number of piperidine rings is 1. The van der Waals surface area contributed by atoms with E-state index in [2.05, 4.69) is 54.3 Å². The van der Waals surface area contributed by atoms with Crippen molar-refractivity contribution >= 4 is 17.3 Å². The molecule has 112 valence electrons. The Hall–Kier alpha value is -0.770. The van der Waals surface area contributed by atoms with Crippen LogP contribution < -0.4 is 10.2 Å². The fourth-order valence-corrected chi connectivity index (χ4v) is 3.13. The van der Waals surface area contributed by atoms with Gasteiger partial charge < -0.3 is 15.1 Å². The maximum atomic E-state index is 6.46. The van der Waals surface area contributed by atoms with Gasteiger partial charge in [0.05, 0.1) is 10.7 Å². The summed E-state index contributed by atoms with van der Waals surface area (Å²) in [4.78, 5) is 4.75. The Morgan fingerprint density at radius 2 is 2.00 bits per heavy atom. The second-order valence-electron chi connectivity index (χ2n) is 5.75. The molecule has 1 aliphatic heterocycles. The van der Waals surface area contributed by atoms with Gasteiger partial charge in [0.1, 0.15) is 0 Å². The number of nitrogens with zero attached hydrogens (tertiary/aromatic N) is 2. The molecule has 0 spiro atoms. The summed E-state index contributed by atoms with van der Waals surface area (Å²) in [6.45, 7) is 6.17. The lowest BCUT2D eigenvalue weighted by atomic mass is 10.0. The summed E-state index contributed by atoms with van der Waals surface area (Å²) < 4.78 is 0. The van der Waals surface area contributed by atoms with Crippen LogP contribution in [-0.2, 0) is 6.54 Å². The molecular formula is C16H26ClN3. The minimum Gasteiger partial charge on any atom is -0.370 e. The van der Waals surface area contributed by atoms with Crippen LogP contribution in [0.5, 0.6) is 0 Å². The van der Waals surface area contributed by atoms with Crippen molar-refractivity contribution in [1.29, 1.82) is 0 Å². The zero-order chi connectivity index (χ0) is 14.5. The molecule has 1 aliphatic rings. The Morgan fingerprint density at radius 3 is 2.55 bits per heavy atom. The standard InChI is InChI=1S/C16H26ClN3/c1-4-18-12-13-5-6-16(15(17)11-13)20-9-7-14(8-10-20)19(2)3/h5-6,11,14,18H,4,7-10,12H2,1-3H3. The van der Waals surface area contributed by atoms with Crippen molar-refractivity contribution in [1.82, 2.24) is 10.2 Å². The van der Waals surface area contributed by atoms with Gasteiger partial charge in [-0.15, -0.1) is 0 Å². The molecule has 2 rings (SSSR count). The third-order valence-corrected chi connectivity index (χ3v) is 4.43. The molecule has 0 bridgehead atoms. The van der Waals surface area contributed by atoms with Crippen LogP contribution in [0.15, 0.2) is 18.2 Å². The van der Waals surface area contributed by atoms with E-state index in [0.29, 0.717) is 6.04 Å². The van der Waals surface area contributed by atoms with Gasteiger partial charge in [-0.25, -0.2) is 0 Å². The zero-order valence-corrected chi connectivity index (χ0v) is 13.6. The molecule has 0 amide bonds. The molecule has 0 aliphatic carbocycles. The fraction of sp³-hybridized carbons (Fsp3) is 0.625. The van der Waals surface area contributed by atoms with Gasteiger partial charge in [-0.3, -0.25) is 0 Å². The molecule has 0 radical (unpaired) electrons. The van der Waals surface area contributed by atoms with Crippen LogP contribution in [0.3, 0.4) is 0 Å². The Bertz CT molecular complexity index is 426.